The molecule has 0 aromatic carbocycles. The van der Waals surface area contributed by atoms with E-state index in [4.69, 9.17) is 15.9 Å². The first-order chi connectivity index (χ1) is 5.22. The molecule has 0 aliphatic rings. The Labute approximate surface area is 81.8 Å². The third kappa shape index (κ3) is 5.48. The summed E-state index contributed by atoms with van der Waals surface area (Å²) in [5, 5.41) is 0. The van der Waals surface area contributed by atoms with Gasteiger partial charge in [-0.3, -0.25) is 0 Å². The van der Waals surface area contributed by atoms with Crippen LogP contribution in [-0.4, -0.2) is 23.4 Å². The van der Waals surface area contributed by atoms with E-state index in [2.05, 4.69) is 28.5 Å². The molecular formula is C8H13IO2. The second-order valence-electron chi connectivity index (χ2n) is 2.02. The first kappa shape index (κ1) is 11.2. The summed E-state index contributed by atoms with van der Waals surface area (Å²) in [7, 11) is 0. The summed E-state index contributed by atoms with van der Waals surface area (Å²) in [5.41, 5.74) is 0. The van der Waals surface area contributed by atoms with E-state index in [1.807, 2.05) is 13.8 Å². The molecule has 0 heterocycles. The van der Waals surface area contributed by atoms with E-state index in [0.29, 0.717) is 17.1 Å². The van der Waals surface area contributed by atoms with E-state index < -0.39 is 0 Å². The van der Waals surface area contributed by atoms with Crippen molar-refractivity contribution in [3.05, 3.63) is 0 Å². The van der Waals surface area contributed by atoms with Crippen LogP contribution in [0.4, 0.5) is 0 Å². The van der Waals surface area contributed by atoms with Gasteiger partial charge in [0.2, 0.25) is 0 Å². The SMILES string of the molecule is C#CCOC(OCC)C(C)I. The fourth-order valence-electron chi connectivity index (χ4n) is 0.608. The Balaban J connectivity index is 3.62. The van der Waals surface area contributed by atoms with Crippen LogP contribution < -0.4 is 0 Å². The molecule has 64 valence electrons. The third-order valence-corrected chi connectivity index (χ3v) is 1.62. The molecule has 3 heteroatoms. The van der Waals surface area contributed by atoms with E-state index in [9.17, 15) is 0 Å². The van der Waals surface area contributed by atoms with Gasteiger partial charge in [0.05, 0.1) is 3.92 Å². The van der Waals surface area contributed by atoms with Crippen molar-refractivity contribution in [2.45, 2.75) is 24.1 Å². The van der Waals surface area contributed by atoms with E-state index in [1.165, 1.54) is 0 Å². The molecule has 0 radical (unpaired) electrons. The molecule has 0 spiro atoms. The zero-order valence-electron chi connectivity index (χ0n) is 6.84. The maximum Gasteiger partial charge on any atom is 0.170 e. The predicted molar refractivity (Wildman–Crippen MR) is 53.7 cm³/mol. The molecule has 2 nitrogen and oxygen atoms in total. The zero-order valence-corrected chi connectivity index (χ0v) is 9.00. The zero-order chi connectivity index (χ0) is 8.69. The lowest BCUT2D eigenvalue weighted by molar-refractivity contribution is -0.124. The van der Waals surface area contributed by atoms with Crippen LogP contribution in [0, 0.1) is 12.3 Å². The lowest BCUT2D eigenvalue weighted by Gasteiger charge is -2.18. The standard InChI is InChI=1S/C8H13IO2/c1-4-6-11-8(7(3)9)10-5-2/h1,7-8H,5-6H2,2-3H3. The van der Waals surface area contributed by atoms with Crippen molar-refractivity contribution >= 4 is 22.6 Å². The van der Waals surface area contributed by atoms with Crippen molar-refractivity contribution in [1.29, 1.82) is 0 Å². The fourth-order valence-corrected chi connectivity index (χ4v) is 1.02. The highest BCUT2D eigenvalue weighted by atomic mass is 127. The average molecular weight is 268 g/mol. The van der Waals surface area contributed by atoms with Gasteiger partial charge in [0.15, 0.2) is 6.29 Å². The minimum atomic E-state index is -0.170. The summed E-state index contributed by atoms with van der Waals surface area (Å²) >= 11 is 2.25. The number of ether oxygens (including phenoxy) is 2. The lowest BCUT2D eigenvalue weighted by Crippen LogP contribution is -2.25. The molecule has 0 N–H and O–H groups in total. The number of hydrogen-bond donors (Lipinski definition) is 0. The first-order valence-electron chi connectivity index (χ1n) is 3.53. The first-order valence-corrected chi connectivity index (χ1v) is 4.77. The minimum Gasteiger partial charge on any atom is -0.352 e. The second kappa shape index (κ2) is 6.89. The monoisotopic (exact) mass is 268 g/mol. The molecule has 0 aromatic rings. The highest BCUT2D eigenvalue weighted by molar-refractivity contribution is 14.1. The Morgan fingerprint density at radius 3 is 2.55 bits per heavy atom. The van der Waals surface area contributed by atoms with Crippen molar-refractivity contribution in [1.82, 2.24) is 0 Å². The van der Waals surface area contributed by atoms with Crippen molar-refractivity contribution in [2.75, 3.05) is 13.2 Å². The van der Waals surface area contributed by atoms with Gasteiger partial charge in [0, 0.05) is 6.61 Å². The number of hydrogen-bond acceptors (Lipinski definition) is 2. The minimum absolute atomic E-state index is 0.170. The van der Waals surface area contributed by atoms with E-state index >= 15 is 0 Å². The molecule has 2 unspecified atom stereocenters. The van der Waals surface area contributed by atoms with Crippen molar-refractivity contribution in [3.63, 3.8) is 0 Å². The summed E-state index contributed by atoms with van der Waals surface area (Å²) in [6.45, 7) is 4.93. The number of terminal acetylenes is 1. The van der Waals surface area contributed by atoms with Gasteiger partial charge < -0.3 is 9.47 Å². The third-order valence-electron chi connectivity index (χ3n) is 1.04. The Kier molecular flexibility index (Phi) is 7.02. The van der Waals surface area contributed by atoms with Gasteiger partial charge in [-0.1, -0.05) is 28.5 Å². The van der Waals surface area contributed by atoms with Crippen LogP contribution in [0.2, 0.25) is 0 Å². The number of alkyl halides is 1. The Morgan fingerprint density at radius 1 is 1.55 bits per heavy atom. The normalized spacial score (nSPS) is 15.5. The van der Waals surface area contributed by atoms with Crippen molar-refractivity contribution in [3.8, 4) is 12.3 Å². The van der Waals surface area contributed by atoms with Crippen molar-refractivity contribution < 1.29 is 9.47 Å². The molecular weight excluding hydrogens is 255 g/mol. The largest absolute Gasteiger partial charge is 0.352 e. The van der Waals surface area contributed by atoms with E-state index in [-0.39, 0.29) is 6.29 Å². The second-order valence-corrected chi connectivity index (χ2v) is 3.98. The van der Waals surface area contributed by atoms with Crippen molar-refractivity contribution in [2.24, 2.45) is 0 Å². The average Bonchev–Trinajstić information content (AvgIpc) is 1.97. The molecule has 0 bridgehead atoms. The lowest BCUT2D eigenvalue weighted by atomic mass is 10.5. The Bertz CT molecular complexity index is 129. The molecule has 0 fully saturated rings. The number of rotatable bonds is 5. The van der Waals surface area contributed by atoms with Gasteiger partial charge in [-0.05, 0) is 13.8 Å². The molecule has 0 saturated carbocycles. The highest BCUT2D eigenvalue weighted by Gasteiger charge is 2.13. The molecule has 0 aliphatic heterocycles. The summed E-state index contributed by atoms with van der Waals surface area (Å²) in [4.78, 5) is 0. The Morgan fingerprint density at radius 2 is 2.18 bits per heavy atom. The topological polar surface area (TPSA) is 18.5 Å². The van der Waals surface area contributed by atoms with Crippen LogP contribution >= 0.6 is 22.6 Å². The van der Waals surface area contributed by atoms with Gasteiger partial charge in [0.25, 0.3) is 0 Å². The number of halogens is 1. The van der Waals surface area contributed by atoms with Crippen LogP contribution in [0.1, 0.15) is 13.8 Å². The summed E-state index contributed by atoms with van der Waals surface area (Å²) in [6, 6.07) is 0. The smallest absolute Gasteiger partial charge is 0.170 e. The quantitative estimate of drug-likeness (QED) is 0.328. The predicted octanol–water partition coefficient (Wildman–Crippen LogP) is 1.82. The van der Waals surface area contributed by atoms with Gasteiger partial charge >= 0.3 is 0 Å². The van der Waals surface area contributed by atoms with Crippen LogP contribution in [-0.2, 0) is 9.47 Å². The fraction of sp³-hybridized carbons (Fsp3) is 0.750. The summed E-state index contributed by atoms with van der Waals surface area (Å²) < 4.78 is 10.8. The summed E-state index contributed by atoms with van der Waals surface area (Å²) in [6.07, 6.45) is 4.87. The van der Waals surface area contributed by atoms with E-state index in [1.54, 1.807) is 0 Å². The maximum atomic E-state index is 5.28. The van der Waals surface area contributed by atoms with Gasteiger partial charge in [-0.25, -0.2) is 0 Å². The van der Waals surface area contributed by atoms with E-state index in [0.717, 1.165) is 0 Å². The molecule has 0 saturated heterocycles. The summed E-state index contributed by atoms with van der Waals surface area (Å²) in [5.74, 6) is 2.41. The molecule has 0 rings (SSSR count). The maximum absolute atomic E-state index is 5.28. The van der Waals surface area contributed by atoms with Crippen LogP contribution in [0.5, 0.6) is 0 Å². The highest BCUT2D eigenvalue weighted by Crippen LogP contribution is 2.10. The molecule has 0 aliphatic carbocycles. The van der Waals surface area contributed by atoms with Crippen LogP contribution in [0.25, 0.3) is 0 Å². The Hall–Kier alpha value is 0.210. The van der Waals surface area contributed by atoms with Gasteiger partial charge in [0.1, 0.15) is 6.61 Å². The molecule has 11 heavy (non-hydrogen) atoms. The van der Waals surface area contributed by atoms with Gasteiger partial charge in [-0.2, -0.15) is 0 Å². The molecule has 2 atom stereocenters. The van der Waals surface area contributed by atoms with Crippen LogP contribution in [0.3, 0.4) is 0 Å². The molecule has 0 aromatic heterocycles. The van der Waals surface area contributed by atoms with Crippen LogP contribution in [0.15, 0.2) is 0 Å². The van der Waals surface area contributed by atoms with Gasteiger partial charge in [-0.15, -0.1) is 6.42 Å². The molecule has 0 amide bonds.